The minimum atomic E-state index is -1.12. The predicted octanol–water partition coefficient (Wildman–Crippen LogP) is 4.24. The van der Waals surface area contributed by atoms with Gasteiger partial charge in [0, 0.05) is 16.8 Å². The number of amides is 1. The maximum Gasteiger partial charge on any atom is 0.339 e. The molecule has 1 unspecified atom stereocenters. The number of hydrogen-bond donors (Lipinski definition) is 1. The van der Waals surface area contributed by atoms with Gasteiger partial charge in [-0.05, 0) is 37.3 Å². The highest BCUT2D eigenvalue weighted by Crippen LogP contribution is 2.17. The van der Waals surface area contributed by atoms with Gasteiger partial charge < -0.3 is 10.1 Å². The summed E-state index contributed by atoms with van der Waals surface area (Å²) in [5.41, 5.74) is 1.08. The molecule has 0 fully saturated rings. The van der Waals surface area contributed by atoms with Crippen LogP contribution in [0.25, 0.3) is 0 Å². The normalized spacial score (nSPS) is 11.4. The smallest absolute Gasteiger partial charge is 0.339 e. The Morgan fingerprint density at radius 2 is 1.41 bits per heavy atom. The van der Waals surface area contributed by atoms with Crippen molar-refractivity contribution in [2.24, 2.45) is 0 Å². The average molecular weight is 391 g/mol. The van der Waals surface area contributed by atoms with Crippen LogP contribution in [0.3, 0.4) is 0 Å². The quantitative estimate of drug-likeness (QED) is 0.504. The molecule has 6 heteroatoms. The van der Waals surface area contributed by atoms with E-state index in [0.29, 0.717) is 11.3 Å². The zero-order valence-corrected chi connectivity index (χ0v) is 15.6. The Morgan fingerprint density at radius 3 is 2.07 bits per heavy atom. The molecule has 0 bridgehead atoms. The van der Waals surface area contributed by atoms with Gasteiger partial charge in [-0.15, -0.1) is 0 Å². The average Bonchev–Trinajstić information content (AvgIpc) is 2.75. The van der Waals surface area contributed by atoms with Gasteiger partial charge >= 0.3 is 5.97 Å². The number of ether oxygens (including phenoxy) is 1. The molecule has 146 valence electrons. The summed E-state index contributed by atoms with van der Waals surface area (Å²) in [5.74, 6) is -2.10. The molecule has 0 heterocycles. The minimum absolute atomic E-state index is 0.0720. The van der Waals surface area contributed by atoms with Gasteiger partial charge in [-0.2, -0.15) is 0 Å². The van der Waals surface area contributed by atoms with Gasteiger partial charge in [0.2, 0.25) is 0 Å². The number of carbonyl (C=O) groups is 3. The number of ketones is 1. The predicted molar refractivity (Wildman–Crippen MR) is 106 cm³/mol. The largest absolute Gasteiger partial charge is 0.449 e. The zero-order valence-electron chi connectivity index (χ0n) is 15.6. The van der Waals surface area contributed by atoms with E-state index in [1.165, 1.54) is 43.3 Å². The summed E-state index contributed by atoms with van der Waals surface area (Å²) in [6.45, 7) is 1.42. The Balaban J connectivity index is 1.73. The third-order valence-corrected chi connectivity index (χ3v) is 4.19. The molecular weight excluding hydrogens is 373 g/mol. The van der Waals surface area contributed by atoms with E-state index in [1.807, 2.05) is 0 Å². The number of hydrogen-bond acceptors (Lipinski definition) is 4. The SMILES string of the molecule is CC(OC(=O)c1ccccc1C(=O)c1ccccc1)C(=O)Nc1ccc(F)cc1. The summed E-state index contributed by atoms with van der Waals surface area (Å²) >= 11 is 0. The van der Waals surface area contributed by atoms with E-state index in [1.54, 1.807) is 42.5 Å². The molecule has 0 saturated carbocycles. The summed E-state index contributed by atoms with van der Waals surface area (Å²) in [5, 5.41) is 2.54. The zero-order chi connectivity index (χ0) is 20.8. The molecule has 0 aliphatic carbocycles. The highest BCUT2D eigenvalue weighted by molar-refractivity contribution is 6.14. The molecule has 3 aromatic carbocycles. The van der Waals surface area contributed by atoms with Gasteiger partial charge in [0.05, 0.1) is 5.56 Å². The fourth-order valence-electron chi connectivity index (χ4n) is 2.66. The third-order valence-electron chi connectivity index (χ3n) is 4.19. The Kier molecular flexibility index (Phi) is 6.14. The van der Waals surface area contributed by atoms with Crippen LogP contribution in [0.5, 0.6) is 0 Å². The van der Waals surface area contributed by atoms with Crippen LogP contribution in [0.15, 0.2) is 78.9 Å². The molecule has 5 nitrogen and oxygen atoms in total. The van der Waals surface area contributed by atoms with E-state index < -0.39 is 23.8 Å². The van der Waals surface area contributed by atoms with Crippen LogP contribution in [0.1, 0.15) is 33.2 Å². The topological polar surface area (TPSA) is 72.5 Å². The minimum Gasteiger partial charge on any atom is -0.449 e. The number of anilines is 1. The monoisotopic (exact) mass is 391 g/mol. The van der Waals surface area contributed by atoms with Crippen molar-refractivity contribution in [2.75, 3.05) is 5.32 Å². The summed E-state index contributed by atoms with van der Waals surface area (Å²) in [6.07, 6.45) is -1.12. The molecule has 1 amide bonds. The molecule has 1 atom stereocenters. The molecule has 1 N–H and O–H groups in total. The van der Waals surface area contributed by atoms with E-state index in [9.17, 15) is 18.8 Å². The molecule has 3 rings (SSSR count). The van der Waals surface area contributed by atoms with Crippen LogP contribution >= 0.6 is 0 Å². The summed E-state index contributed by atoms with van der Waals surface area (Å²) < 4.78 is 18.2. The van der Waals surface area contributed by atoms with Crippen molar-refractivity contribution in [3.8, 4) is 0 Å². The third kappa shape index (κ3) is 4.93. The van der Waals surface area contributed by atoms with Crippen molar-refractivity contribution in [3.05, 3.63) is 101 Å². The lowest BCUT2D eigenvalue weighted by Gasteiger charge is -2.15. The summed E-state index contributed by atoms with van der Waals surface area (Å²) in [7, 11) is 0. The number of carbonyl (C=O) groups excluding carboxylic acids is 3. The maximum absolute atomic E-state index is 13.0. The molecule has 0 aliphatic heterocycles. The van der Waals surface area contributed by atoms with Crippen molar-refractivity contribution in [2.45, 2.75) is 13.0 Å². The Bertz CT molecular complexity index is 1030. The Morgan fingerprint density at radius 1 is 0.828 bits per heavy atom. The van der Waals surface area contributed by atoms with Crippen molar-refractivity contribution >= 4 is 23.3 Å². The second kappa shape index (κ2) is 8.93. The fraction of sp³-hybridized carbons (Fsp3) is 0.0870. The van der Waals surface area contributed by atoms with Crippen LogP contribution < -0.4 is 5.32 Å². The lowest BCUT2D eigenvalue weighted by Crippen LogP contribution is -2.30. The molecule has 0 spiro atoms. The van der Waals surface area contributed by atoms with Crippen LogP contribution in [0.4, 0.5) is 10.1 Å². The van der Waals surface area contributed by atoms with E-state index in [-0.39, 0.29) is 16.9 Å². The van der Waals surface area contributed by atoms with Gasteiger partial charge in [0.15, 0.2) is 11.9 Å². The fourth-order valence-corrected chi connectivity index (χ4v) is 2.66. The molecule has 0 aliphatic rings. The number of nitrogens with one attached hydrogen (secondary N) is 1. The van der Waals surface area contributed by atoms with Crippen molar-refractivity contribution in [1.82, 2.24) is 0 Å². The van der Waals surface area contributed by atoms with Crippen LogP contribution in [-0.2, 0) is 9.53 Å². The molecule has 0 radical (unpaired) electrons. The first-order valence-electron chi connectivity index (χ1n) is 8.92. The second-order valence-corrected chi connectivity index (χ2v) is 6.28. The van der Waals surface area contributed by atoms with E-state index in [0.717, 1.165) is 0 Å². The number of halogens is 1. The summed E-state index contributed by atoms with van der Waals surface area (Å²) in [4.78, 5) is 37.6. The van der Waals surface area contributed by atoms with Crippen LogP contribution in [0, 0.1) is 5.82 Å². The highest BCUT2D eigenvalue weighted by Gasteiger charge is 2.23. The van der Waals surface area contributed by atoms with E-state index >= 15 is 0 Å². The maximum atomic E-state index is 13.0. The summed E-state index contributed by atoms with van der Waals surface area (Å²) in [6, 6.07) is 20.1. The van der Waals surface area contributed by atoms with E-state index in [2.05, 4.69) is 5.32 Å². The molecule has 0 aromatic heterocycles. The number of rotatable bonds is 6. The first-order chi connectivity index (χ1) is 14.0. The van der Waals surface area contributed by atoms with Gasteiger partial charge in [0.1, 0.15) is 5.82 Å². The van der Waals surface area contributed by atoms with E-state index in [4.69, 9.17) is 4.74 Å². The van der Waals surface area contributed by atoms with Gasteiger partial charge in [-0.25, -0.2) is 9.18 Å². The van der Waals surface area contributed by atoms with Gasteiger partial charge in [-0.1, -0.05) is 48.5 Å². The second-order valence-electron chi connectivity index (χ2n) is 6.28. The number of esters is 1. The van der Waals surface area contributed by atoms with Gasteiger partial charge in [-0.3, -0.25) is 9.59 Å². The van der Waals surface area contributed by atoms with Crippen LogP contribution in [0.2, 0.25) is 0 Å². The van der Waals surface area contributed by atoms with Gasteiger partial charge in [0.25, 0.3) is 5.91 Å². The highest BCUT2D eigenvalue weighted by atomic mass is 19.1. The van der Waals surface area contributed by atoms with Crippen molar-refractivity contribution in [3.63, 3.8) is 0 Å². The molecular formula is C23H18FNO4. The standard InChI is InChI=1S/C23H18FNO4/c1-15(22(27)25-18-13-11-17(24)12-14-18)29-23(28)20-10-6-5-9-19(20)21(26)16-7-3-2-4-8-16/h2-15H,1H3,(H,25,27). The Hall–Kier alpha value is -3.80. The van der Waals surface area contributed by atoms with Crippen molar-refractivity contribution in [1.29, 1.82) is 0 Å². The molecule has 3 aromatic rings. The first kappa shape index (κ1) is 19.9. The Labute approximate surface area is 167 Å². The molecule has 0 saturated heterocycles. The lowest BCUT2D eigenvalue weighted by molar-refractivity contribution is -0.123. The lowest BCUT2D eigenvalue weighted by atomic mass is 9.98. The van der Waals surface area contributed by atoms with Crippen molar-refractivity contribution < 1.29 is 23.5 Å². The van der Waals surface area contributed by atoms with Crippen LogP contribution in [-0.4, -0.2) is 23.8 Å². The first-order valence-corrected chi connectivity index (χ1v) is 8.92. The molecule has 29 heavy (non-hydrogen) atoms. The number of benzene rings is 3.